The third-order valence-corrected chi connectivity index (χ3v) is 4.53. The third-order valence-electron chi connectivity index (χ3n) is 4.53. The van der Waals surface area contributed by atoms with E-state index in [1.54, 1.807) is 24.3 Å². The zero-order valence-corrected chi connectivity index (χ0v) is 15.3. The minimum atomic E-state index is -1.47. The number of carbonyl (C=O) groups is 2. The Kier molecular flexibility index (Phi) is 5.84. The lowest BCUT2D eigenvalue weighted by Gasteiger charge is -2.42. The van der Waals surface area contributed by atoms with E-state index in [0.717, 1.165) is 0 Å². The topological polar surface area (TPSA) is 150 Å². The summed E-state index contributed by atoms with van der Waals surface area (Å²) in [4.78, 5) is 26.6. The number of para-hydroxylation sites is 1. The monoisotopic (exact) mass is 394 g/mol. The second-order valence-electron chi connectivity index (χ2n) is 6.42. The lowest BCUT2D eigenvalue weighted by Crippen LogP contribution is -2.65. The van der Waals surface area contributed by atoms with Crippen molar-refractivity contribution in [3.05, 3.63) is 30.0 Å². The molecule has 1 aromatic carbocycles. The van der Waals surface area contributed by atoms with E-state index in [1.807, 2.05) is 0 Å². The first-order valence-electron chi connectivity index (χ1n) is 8.62. The molecule has 0 radical (unpaired) electrons. The highest BCUT2D eigenvalue weighted by molar-refractivity contribution is 6.00. The number of benzene rings is 1. The Morgan fingerprint density at radius 1 is 1.25 bits per heavy atom. The van der Waals surface area contributed by atoms with Gasteiger partial charge in [0.25, 0.3) is 0 Å². The molecule has 5 atom stereocenters. The number of aliphatic hydroxyl groups excluding tert-OH is 3. The van der Waals surface area contributed by atoms with E-state index >= 15 is 0 Å². The van der Waals surface area contributed by atoms with Gasteiger partial charge in [0.05, 0.1) is 13.7 Å². The maximum atomic E-state index is 12.2. The number of aliphatic hydroxyl groups is 3. The van der Waals surface area contributed by atoms with Gasteiger partial charge < -0.3 is 39.8 Å². The number of rotatable bonds is 5. The van der Waals surface area contributed by atoms with Gasteiger partial charge in [0.1, 0.15) is 24.4 Å². The maximum Gasteiger partial charge on any atom is 0.358 e. The Balaban J connectivity index is 2.01. The first kappa shape index (κ1) is 20.1. The molecule has 1 aromatic heterocycles. The molecule has 3 unspecified atom stereocenters. The molecule has 0 bridgehead atoms. The van der Waals surface area contributed by atoms with Gasteiger partial charge in [-0.3, -0.25) is 4.79 Å². The Hall–Kier alpha value is -2.66. The van der Waals surface area contributed by atoms with E-state index in [-0.39, 0.29) is 11.4 Å². The second-order valence-corrected chi connectivity index (χ2v) is 6.42. The fourth-order valence-corrected chi connectivity index (χ4v) is 3.17. The molecule has 2 aromatic rings. The molecule has 5 N–H and O–H groups in total. The number of hydrogen-bond acceptors (Lipinski definition) is 8. The van der Waals surface area contributed by atoms with E-state index < -0.39 is 49.1 Å². The molecule has 1 fully saturated rings. The van der Waals surface area contributed by atoms with Crippen LogP contribution in [-0.2, 0) is 14.3 Å². The summed E-state index contributed by atoms with van der Waals surface area (Å²) < 4.78 is 16.2. The van der Waals surface area contributed by atoms with E-state index in [9.17, 15) is 24.9 Å². The van der Waals surface area contributed by atoms with Crippen LogP contribution in [0, 0.1) is 0 Å². The summed E-state index contributed by atoms with van der Waals surface area (Å²) in [5, 5.41) is 32.9. The molecule has 1 saturated heterocycles. The zero-order valence-electron chi connectivity index (χ0n) is 15.3. The largest absolute Gasteiger partial charge is 0.464 e. The van der Waals surface area contributed by atoms with Crippen LogP contribution in [0.2, 0.25) is 0 Å². The van der Waals surface area contributed by atoms with Gasteiger partial charge >= 0.3 is 5.97 Å². The summed E-state index contributed by atoms with van der Waals surface area (Å²) >= 11 is 0. The van der Waals surface area contributed by atoms with Crippen LogP contribution < -0.4 is 10.1 Å². The molecular formula is C18H22N2O8. The highest BCUT2D eigenvalue weighted by atomic mass is 16.7. The molecule has 0 spiro atoms. The Bertz CT molecular complexity index is 866. The van der Waals surface area contributed by atoms with Gasteiger partial charge in [0.2, 0.25) is 12.2 Å². The Labute approximate surface area is 160 Å². The molecule has 3 rings (SSSR count). The van der Waals surface area contributed by atoms with Gasteiger partial charge in [-0.1, -0.05) is 12.1 Å². The normalized spacial score (nSPS) is 27.4. The van der Waals surface area contributed by atoms with Crippen LogP contribution in [0.1, 0.15) is 17.4 Å². The average Bonchev–Trinajstić information content (AvgIpc) is 3.05. The fraction of sp³-hybridized carbons (Fsp3) is 0.444. The lowest BCUT2D eigenvalue weighted by molar-refractivity contribution is -0.244. The minimum Gasteiger partial charge on any atom is -0.464 e. The third kappa shape index (κ3) is 3.67. The van der Waals surface area contributed by atoms with Crippen LogP contribution in [0.4, 0.5) is 0 Å². The van der Waals surface area contributed by atoms with Crippen molar-refractivity contribution in [3.63, 3.8) is 0 Å². The van der Waals surface area contributed by atoms with E-state index in [1.165, 1.54) is 14.0 Å². The zero-order chi connectivity index (χ0) is 20.4. The summed E-state index contributed by atoms with van der Waals surface area (Å²) in [6.07, 6.45) is -5.34. The SMILES string of the molecule is COC(=O)c1[nH]c2ccccc2c1OC1OC(CO)[C@@H](O)[C@H](O)C1NC(C)=O. The highest BCUT2D eigenvalue weighted by Gasteiger charge is 2.46. The summed E-state index contributed by atoms with van der Waals surface area (Å²) in [6.45, 7) is 0.655. The number of hydrogen-bond donors (Lipinski definition) is 5. The average molecular weight is 394 g/mol. The van der Waals surface area contributed by atoms with Crippen molar-refractivity contribution >= 4 is 22.8 Å². The minimum absolute atomic E-state index is 0.0232. The molecule has 152 valence electrons. The molecule has 28 heavy (non-hydrogen) atoms. The van der Waals surface area contributed by atoms with Crippen molar-refractivity contribution < 1.29 is 39.1 Å². The molecule has 0 aliphatic carbocycles. The van der Waals surface area contributed by atoms with Gasteiger partial charge in [-0.15, -0.1) is 0 Å². The van der Waals surface area contributed by atoms with Gasteiger partial charge in [-0.25, -0.2) is 4.79 Å². The van der Waals surface area contributed by atoms with Crippen LogP contribution >= 0.6 is 0 Å². The summed E-state index contributed by atoms with van der Waals surface area (Å²) in [7, 11) is 1.22. The molecule has 1 aliphatic heterocycles. The number of amides is 1. The predicted molar refractivity (Wildman–Crippen MR) is 95.6 cm³/mol. The lowest BCUT2D eigenvalue weighted by atomic mass is 9.97. The van der Waals surface area contributed by atoms with Gasteiger partial charge in [-0.2, -0.15) is 0 Å². The number of nitrogens with one attached hydrogen (secondary N) is 2. The number of fused-ring (bicyclic) bond motifs is 1. The molecule has 2 heterocycles. The number of methoxy groups -OCH3 is 1. The summed E-state index contributed by atoms with van der Waals surface area (Å²) in [6, 6.07) is 5.80. The van der Waals surface area contributed by atoms with Crippen LogP contribution in [0.5, 0.6) is 5.75 Å². The first-order valence-corrected chi connectivity index (χ1v) is 8.62. The quantitative estimate of drug-likeness (QED) is 0.417. The number of esters is 1. The number of aromatic amines is 1. The summed E-state index contributed by atoms with van der Waals surface area (Å²) in [5.74, 6) is -1.07. The second kappa shape index (κ2) is 8.15. The van der Waals surface area contributed by atoms with Crippen molar-refractivity contribution in [2.75, 3.05) is 13.7 Å². The molecule has 0 saturated carbocycles. The smallest absolute Gasteiger partial charge is 0.358 e. The fourth-order valence-electron chi connectivity index (χ4n) is 3.17. The number of aromatic nitrogens is 1. The van der Waals surface area contributed by atoms with Crippen molar-refractivity contribution in [1.29, 1.82) is 0 Å². The number of ether oxygens (including phenoxy) is 3. The number of carbonyl (C=O) groups excluding carboxylic acids is 2. The highest BCUT2D eigenvalue weighted by Crippen LogP contribution is 2.33. The van der Waals surface area contributed by atoms with Crippen molar-refractivity contribution in [2.45, 2.75) is 37.6 Å². The van der Waals surface area contributed by atoms with Gasteiger partial charge in [0.15, 0.2) is 11.4 Å². The van der Waals surface area contributed by atoms with Crippen molar-refractivity contribution in [1.82, 2.24) is 10.3 Å². The maximum absolute atomic E-state index is 12.2. The van der Waals surface area contributed by atoms with Crippen LogP contribution in [-0.4, -0.2) is 76.5 Å². The Morgan fingerprint density at radius 2 is 1.96 bits per heavy atom. The first-order chi connectivity index (χ1) is 13.4. The van der Waals surface area contributed by atoms with Crippen LogP contribution in [0.15, 0.2) is 24.3 Å². The molecule has 1 aliphatic rings. The predicted octanol–water partition coefficient (Wildman–Crippen LogP) is -0.723. The van der Waals surface area contributed by atoms with E-state index in [4.69, 9.17) is 14.2 Å². The summed E-state index contributed by atoms with van der Waals surface area (Å²) in [5.41, 5.74) is 0.624. The van der Waals surface area contributed by atoms with Crippen LogP contribution in [0.3, 0.4) is 0 Å². The van der Waals surface area contributed by atoms with Gasteiger partial charge in [0, 0.05) is 17.8 Å². The molecule has 10 heteroatoms. The van der Waals surface area contributed by atoms with Crippen molar-refractivity contribution in [2.24, 2.45) is 0 Å². The number of H-pyrrole nitrogens is 1. The Morgan fingerprint density at radius 3 is 2.61 bits per heavy atom. The van der Waals surface area contributed by atoms with Crippen molar-refractivity contribution in [3.8, 4) is 5.75 Å². The van der Waals surface area contributed by atoms with E-state index in [0.29, 0.717) is 10.9 Å². The van der Waals surface area contributed by atoms with Crippen LogP contribution in [0.25, 0.3) is 10.9 Å². The molecule has 1 amide bonds. The van der Waals surface area contributed by atoms with Gasteiger partial charge in [-0.05, 0) is 12.1 Å². The standard InChI is InChI=1S/C18H22N2O8/c1-8(22)19-12-15(24)14(23)11(7-21)27-18(12)28-16-9-5-3-4-6-10(9)20-13(16)17(25)26-2/h3-6,11-12,14-15,18,20-21,23-24H,7H2,1-2H3,(H,19,22)/t11?,12?,14-,15-,18?/m1/s1. The molecule has 10 nitrogen and oxygen atoms in total. The molecular weight excluding hydrogens is 372 g/mol. The van der Waals surface area contributed by atoms with E-state index in [2.05, 4.69) is 10.3 Å².